The van der Waals surface area contributed by atoms with Gasteiger partial charge in [0.2, 0.25) is 0 Å². The lowest BCUT2D eigenvalue weighted by atomic mass is 10.2. The third kappa shape index (κ3) is 3.14. The molecule has 4 heterocycles. The molecule has 3 aromatic heterocycles. The third-order valence-electron chi connectivity index (χ3n) is 4.29. The topological polar surface area (TPSA) is 71.2 Å². The summed E-state index contributed by atoms with van der Waals surface area (Å²) in [5.74, 6) is 1.18. The molecule has 0 saturated carbocycles. The van der Waals surface area contributed by atoms with Gasteiger partial charge in [-0.25, -0.2) is 19.9 Å². The summed E-state index contributed by atoms with van der Waals surface area (Å²) in [5, 5.41) is 3.33. The smallest absolute Gasteiger partial charge is 0.365 e. The van der Waals surface area contributed by atoms with Crippen molar-refractivity contribution in [3.05, 3.63) is 42.4 Å². The van der Waals surface area contributed by atoms with Gasteiger partial charge in [0, 0.05) is 49.5 Å². The number of hydrogen-bond donors (Lipinski definition) is 1. The highest BCUT2D eigenvalue weighted by atomic mass is 19.4. The molecule has 0 bridgehead atoms. The van der Waals surface area contributed by atoms with Crippen LogP contribution >= 0.6 is 0 Å². The van der Waals surface area contributed by atoms with Crippen LogP contribution in [0.2, 0.25) is 0 Å². The second-order valence-electron chi connectivity index (χ2n) is 6.23. The Balaban J connectivity index is 1.56. The largest absolute Gasteiger partial charge is 0.434 e. The summed E-state index contributed by atoms with van der Waals surface area (Å²) in [4.78, 5) is 18.2. The van der Waals surface area contributed by atoms with Crippen LogP contribution in [0.15, 0.2) is 31.0 Å². The molecule has 1 aliphatic rings. The molecule has 0 spiro atoms. The number of anilines is 2. The monoisotopic (exact) mass is 363 g/mol. The summed E-state index contributed by atoms with van der Waals surface area (Å²) < 4.78 is 40.2. The number of hydrogen-bond acceptors (Lipinski definition) is 6. The Morgan fingerprint density at radius 1 is 1.23 bits per heavy atom. The number of nitrogens with zero attached hydrogens (tertiary/aromatic N) is 6. The highest BCUT2D eigenvalue weighted by molar-refractivity contribution is 5.65. The lowest BCUT2D eigenvalue weighted by molar-refractivity contribution is -0.140. The standard InChI is InChI=1S/C16H16F3N7/c1-10-6-13(22-9-21-10)23-11-2-4-25(7-11)14-15-24-12(16(17,18)19)8-26(15)5-3-20-14/h3,5-6,8-9,11H,2,4,7H2,1H3,(H,21,22,23). The fourth-order valence-electron chi connectivity index (χ4n) is 3.08. The Hall–Kier alpha value is -2.91. The summed E-state index contributed by atoms with van der Waals surface area (Å²) in [6.07, 6.45) is 1.77. The number of imidazole rings is 1. The summed E-state index contributed by atoms with van der Waals surface area (Å²) in [5.41, 5.74) is 0.149. The Kier molecular flexibility index (Phi) is 3.89. The van der Waals surface area contributed by atoms with E-state index in [0.29, 0.717) is 18.9 Å². The van der Waals surface area contributed by atoms with Gasteiger partial charge in [0.1, 0.15) is 12.1 Å². The average Bonchev–Trinajstić information content (AvgIpc) is 3.20. The summed E-state index contributed by atoms with van der Waals surface area (Å²) >= 11 is 0. The lowest BCUT2D eigenvalue weighted by Crippen LogP contribution is -2.27. The van der Waals surface area contributed by atoms with Crippen LogP contribution < -0.4 is 10.2 Å². The van der Waals surface area contributed by atoms with Crippen molar-refractivity contribution < 1.29 is 13.2 Å². The van der Waals surface area contributed by atoms with Gasteiger partial charge in [-0.15, -0.1) is 0 Å². The maximum atomic E-state index is 12.9. The number of aromatic nitrogens is 5. The quantitative estimate of drug-likeness (QED) is 0.771. The van der Waals surface area contributed by atoms with Crippen molar-refractivity contribution in [1.82, 2.24) is 24.3 Å². The van der Waals surface area contributed by atoms with Gasteiger partial charge in [0.05, 0.1) is 0 Å². The first kappa shape index (κ1) is 16.6. The summed E-state index contributed by atoms with van der Waals surface area (Å²) in [7, 11) is 0. The first-order valence-electron chi connectivity index (χ1n) is 8.11. The minimum absolute atomic E-state index is 0.114. The molecule has 1 aliphatic heterocycles. The van der Waals surface area contributed by atoms with E-state index in [1.807, 2.05) is 17.9 Å². The van der Waals surface area contributed by atoms with Gasteiger partial charge in [-0.05, 0) is 13.3 Å². The predicted octanol–water partition coefficient (Wildman–Crippen LogP) is 2.54. The molecule has 1 saturated heterocycles. The zero-order valence-corrected chi connectivity index (χ0v) is 13.9. The van der Waals surface area contributed by atoms with E-state index in [9.17, 15) is 13.2 Å². The van der Waals surface area contributed by atoms with Crippen LogP contribution in [0.1, 0.15) is 17.8 Å². The Bertz CT molecular complexity index is 937. The molecule has 3 aromatic rings. The molecule has 136 valence electrons. The van der Waals surface area contributed by atoms with Crippen LogP contribution in [-0.4, -0.2) is 43.5 Å². The Labute approximate surface area is 146 Å². The fraction of sp³-hybridized carbons (Fsp3) is 0.375. The highest BCUT2D eigenvalue weighted by Gasteiger charge is 2.35. The molecule has 26 heavy (non-hydrogen) atoms. The van der Waals surface area contributed by atoms with Crippen molar-refractivity contribution in [2.45, 2.75) is 25.6 Å². The van der Waals surface area contributed by atoms with Crippen LogP contribution in [0.25, 0.3) is 5.65 Å². The second-order valence-corrected chi connectivity index (χ2v) is 6.23. The minimum Gasteiger partial charge on any atom is -0.365 e. The third-order valence-corrected chi connectivity index (χ3v) is 4.29. The molecular formula is C16H16F3N7. The van der Waals surface area contributed by atoms with E-state index >= 15 is 0 Å². The SMILES string of the molecule is Cc1cc(NC2CCN(c3nccn4cc(C(F)(F)F)nc34)C2)ncn1. The van der Waals surface area contributed by atoms with Gasteiger partial charge in [0.25, 0.3) is 0 Å². The minimum atomic E-state index is -4.48. The Morgan fingerprint density at radius 2 is 2.08 bits per heavy atom. The lowest BCUT2D eigenvalue weighted by Gasteiger charge is -2.18. The van der Waals surface area contributed by atoms with E-state index in [1.165, 1.54) is 23.1 Å². The highest BCUT2D eigenvalue weighted by Crippen LogP contribution is 2.31. The molecule has 4 rings (SSSR count). The fourth-order valence-corrected chi connectivity index (χ4v) is 3.08. The number of fused-ring (bicyclic) bond motifs is 1. The summed E-state index contributed by atoms with van der Waals surface area (Å²) in [6.45, 7) is 3.15. The van der Waals surface area contributed by atoms with Crippen LogP contribution in [0.4, 0.5) is 24.8 Å². The normalized spacial score (nSPS) is 17.8. The zero-order valence-electron chi connectivity index (χ0n) is 13.9. The van der Waals surface area contributed by atoms with Crippen molar-refractivity contribution >= 4 is 17.3 Å². The number of nitrogens with one attached hydrogen (secondary N) is 1. The molecule has 0 aliphatic carbocycles. The molecule has 0 aromatic carbocycles. The molecule has 1 N–H and O–H groups in total. The van der Waals surface area contributed by atoms with Crippen molar-refractivity contribution in [3.63, 3.8) is 0 Å². The second kappa shape index (κ2) is 6.11. The van der Waals surface area contributed by atoms with E-state index in [2.05, 4.69) is 25.3 Å². The van der Waals surface area contributed by atoms with Crippen molar-refractivity contribution in [1.29, 1.82) is 0 Å². The number of aryl methyl sites for hydroxylation is 1. The van der Waals surface area contributed by atoms with E-state index in [1.54, 1.807) is 0 Å². The van der Waals surface area contributed by atoms with Crippen molar-refractivity contribution in [2.75, 3.05) is 23.3 Å². The van der Waals surface area contributed by atoms with E-state index in [4.69, 9.17) is 0 Å². The summed E-state index contributed by atoms with van der Waals surface area (Å²) in [6, 6.07) is 1.97. The first-order valence-corrected chi connectivity index (χ1v) is 8.11. The van der Waals surface area contributed by atoms with E-state index in [-0.39, 0.29) is 11.7 Å². The van der Waals surface area contributed by atoms with Gasteiger partial charge >= 0.3 is 6.18 Å². The van der Waals surface area contributed by atoms with Gasteiger partial charge in [-0.3, -0.25) is 0 Å². The van der Waals surface area contributed by atoms with Gasteiger partial charge in [-0.1, -0.05) is 0 Å². The van der Waals surface area contributed by atoms with Gasteiger partial charge < -0.3 is 14.6 Å². The van der Waals surface area contributed by atoms with Crippen molar-refractivity contribution in [2.24, 2.45) is 0 Å². The predicted molar refractivity (Wildman–Crippen MR) is 89.0 cm³/mol. The molecule has 7 nitrogen and oxygen atoms in total. The number of rotatable bonds is 3. The van der Waals surface area contributed by atoms with E-state index < -0.39 is 11.9 Å². The molecule has 1 atom stereocenters. The molecule has 1 unspecified atom stereocenters. The number of halogens is 3. The maximum absolute atomic E-state index is 12.9. The Morgan fingerprint density at radius 3 is 2.85 bits per heavy atom. The molecular weight excluding hydrogens is 347 g/mol. The number of alkyl halides is 3. The first-order chi connectivity index (χ1) is 12.4. The molecule has 10 heteroatoms. The van der Waals surface area contributed by atoms with Crippen molar-refractivity contribution in [3.8, 4) is 0 Å². The van der Waals surface area contributed by atoms with Crippen LogP contribution in [-0.2, 0) is 6.18 Å². The van der Waals surface area contributed by atoms with Gasteiger partial charge in [0.15, 0.2) is 17.2 Å². The molecule has 0 amide bonds. The molecule has 1 fully saturated rings. The molecule has 0 radical (unpaired) electrons. The van der Waals surface area contributed by atoms with Crippen LogP contribution in [0.3, 0.4) is 0 Å². The van der Waals surface area contributed by atoms with Crippen LogP contribution in [0.5, 0.6) is 0 Å². The zero-order chi connectivity index (χ0) is 18.3. The van der Waals surface area contributed by atoms with Gasteiger partial charge in [-0.2, -0.15) is 13.2 Å². The maximum Gasteiger partial charge on any atom is 0.434 e. The van der Waals surface area contributed by atoms with Crippen LogP contribution in [0, 0.1) is 6.92 Å². The van der Waals surface area contributed by atoms with E-state index in [0.717, 1.165) is 24.1 Å². The average molecular weight is 363 g/mol.